The Balaban J connectivity index is 2.11. The van der Waals surface area contributed by atoms with Gasteiger partial charge in [-0.3, -0.25) is 0 Å². The molecule has 0 bridgehead atoms. The maximum absolute atomic E-state index is 9.83. The third-order valence-corrected chi connectivity index (χ3v) is 3.03. The van der Waals surface area contributed by atoms with Crippen LogP contribution in [0.5, 0.6) is 0 Å². The van der Waals surface area contributed by atoms with Crippen LogP contribution in [0.15, 0.2) is 30.3 Å². The predicted octanol–water partition coefficient (Wildman–Crippen LogP) is 3.70. The van der Waals surface area contributed by atoms with Crippen molar-refractivity contribution < 1.29 is 5.11 Å². The lowest BCUT2D eigenvalue weighted by Gasteiger charge is -2.05. The Hall–Kier alpha value is -1.08. The first-order chi connectivity index (χ1) is 7.33. The van der Waals surface area contributed by atoms with Crippen molar-refractivity contribution in [2.24, 2.45) is 0 Å². The van der Waals surface area contributed by atoms with Crippen LogP contribution in [0, 0.1) is 0 Å². The molecule has 0 heterocycles. The molecule has 0 radical (unpaired) electrons. The van der Waals surface area contributed by atoms with Crippen LogP contribution in [0.3, 0.4) is 0 Å². The van der Waals surface area contributed by atoms with E-state index in [1.165, 1.54) is 30.4 Å². The van der Waals surface area contributed by atoms with Gasteiger partial charge in [-0.2, -0.15) is 0 Å². The molecule has 1 aliphatic rings. The minimum atomic E-state index is -0.377. The van der Waals surface area contributed by atoms with Crippen LogP contribution in [-0.2, 0) is 0 Å². The lowest BCUT2D eigenvalue weighted by molar-refractivity contribution is 0.232. The first-order valence-corrected chi connectivity index (χ1v) is 5.81. The van der Waals surface area contributed by atoms with E-state index in [0.29, 0.717) is 0 Å². The van der Waals surface area contributed by atoms with E-state index in [1.807, 2.05) is 24.3 Å². The fourth-order valence-electron chi connectivity index (χ4n) is 2.20. The third kappa shape index (κ3) is 2.13. The molecule has 0 saturated carbocycles. The SMILES string of the molecule is CCCCCC1=CC(O)c2ccccc21. The van der Waals surface area contributed by atoms with Crippen molar-refractivity contribution in [1.82, 2.24) is 0 Å². The van der Waals surface area contributed by atoms with Gasteiger partial charge < -0.3 is 5.11 Å². The molecule has 1 nitrogen and oxygen atoms in total. The zero-order chi connectivity index (χ0) is 10.7. The summed E-state index contributed by atoms with van der Waals surface area (Å²) in [7, 11) is 0. The van der Waals surface area contributed by atoms with E-state index in [4.69, 9.17) is 0 Å². The Morgan fingerprint density at radius 1 is 1.20 bits per heavy atom. The molecular formula is C14H18O. The van der Waals surface area contributed by atoms with Crippen molar-refractivity contribution >= 4 is 5.57 Å². The average Bonchev–Trinajstić information content (AvgIpc) is 2.58. The molecule has 0 aliphatic heterocycles. The van der Waals surface area contributed by atoms with Gasteiger partial charge in [0.1, 0.15) is 0 Å². The highest BCUT2D eigenvalue weighted by molar-refractivity contribution is 5.74. The monoisotopic (exact) mass is 202 g/mol. The van der Waals surface area contributed by atoms with Crippen LogP contribution in [0.25, 0.3) is 5.57 Å². The highest BCUT2D eigenvalue weighted by Crippen LogP contribution is 2.36. The Morgan fingerprint density at radius 2 is 2.00 bits per heavy atom. The zero-order valence-corrected chi connectivity index (χ0v) is 9.24. The lowest BCUT2D eigenvalue weighted by atomic mass is 10.0. The predicted molar refractivity (Wildman–Crippen MR) is 63.5 cm³/mol. The van der Waals surface area contributed by atoms with E-state index in [-0.39, 0.29) is 6.10 Å². The number of hydrogen-bond acceptors (Lipinski definition) is 1. The van der Waals surface area contributed by atoms with Gasteiger partial charge in [-0.25, -0.2) is 0 Å². The second kappa shape index (κ2) is 4.63. The molecule has 1 heteroatoms. The van der Waals surface area contributed by atoms with E-state index < -0.39 is 0 Å². The Kier molecular flexibility index (Phi) is 3.22. The van der Waals surface area contributed by atoms with E-state index in [0.717, 1.165) is 12.0 Å². The molecule has 1 aliphatic carbocycles. The number of benzene rings is 1. The second-order valence-corrected chi connectivity index (χ2v) is 4.18. The fourth-order valence-corrected chi connectivity index (χ4v) is 2.20. The number of fused-ring (bicyclic) bond motifs is 1. The number of hydrogen-bond donors (Lipinski definition) is 1. The zero-order valence-electron chi connectivity index (χ0n) is 9.24. The van der Waals surface area contributed by atoms with Gasteiger partial charge in [-0.1, -0.05) is 44.0 Å². The quantitative estimate of drug-likeness (QED) is 0.738. The van der Waals surface area contributed by atoms with Crippen molar-refractivity contribution in [3.8, 4) is 0 Å². The Labute approximate surface area is 91.4 Å². The second-order valence-electron chi connectivity index (χ2n) is 4.18. The first-order valence-electron chi connectivity index (χ1n) is 5.81. The molecule has 15 heavy (non-hydrogen) atoms. The smallest absolute Gasteiger partial charge is 0.0983 e. The Morgan fingerprint density at radius 3 is 2.80 bits per heavy atom. The van der Waals surface area contributed by atoms with E-state index >= 15 is 0 Å². The molecule has 1 N–H and O–H groups in total. The largest absolute Gasteiger partial charge is 0.384 e. The maximum atomic E-state index is 9.83. The highest BCUT2D eigenvalue weighted by atomic mass is 16.3. The summed E-state index contributed by atoms with van der Waals surface area (Å²) in [6.45, 7) is 2.21. The summed E-state index contributed by atoms with van der Waals surface area (Å²) >= 11 is 0. The molecule has 0 spiro atoms. The van der Waals surface area contributed by atoms with Crippen LogP contribution in [0.1, 0.15) is 49.8 Å². The van der Waals surface area contributed by atoms with Gasteiger partial charge in [0.05, 0.1) is 6.10 Å². The standard InChI is InChI=1S/C14H18O/c1-2-3-4-7-11-10-14(15)13-9-6-5-8-12(11)13/h5-6,8-10,14-15H,2-4,7H2,1H3. The van der Waals surface area contributed by atoms with Crippen LogP contribution in [0.4, 0.5) is 0 Å². The fraction of sp³-hybridized carbons (Fsp3) is 0.429. The lowest BCUT2D eigenvalue weighted by Crippen LogP contribution is -1.89. The van der Waals surface area contributed by atoms with Gasteiger partial charge in [0.15, 0.2) is 0 Å². The normalized spacial score (nSPS) is 18.8. The molecule has 0 aromatic heterocycles. The number of aliphatic hydroxyl groups excluding tert-OH is 1. The first kappa shape index (κ1) is 10.4. The van der Waals surface area contributed by atoms with Crippen LogP contribution in [0.2, 0.25) is 0 Å². The van der Waals surface area contributed by atoms with E-state index in [2.05, 4.69) is 13.0 Å². The van der Waals surface area contributed by atoms with Gasteiger partial charge in [0.2, 0.25) is 0 Å². The molecular weight excluding hydrogens is 184 g/mol. The summed E-state index contributed by atoms with van der Waals surface area (Å²) in [5, 5.41) is 9.83. The molecule has 1 aromatic rings. The summed E-state index contributed by atoms with van der Waals surface area (Å²) in [4.78, 5) is 0. The van der Waals surface area contributed by atoms with Crippen molar-refractivity contribution in [2.75, 3.05) is 0 Å². The topological polar surface area (TPSA) is 20.2 Å². The molecule has 1 atom stereocenters. The summed E-state index contributed by atoms with van der Waals surface area (Å²) < 4.78 is 0. The molecule has 2 rings (SSSR count). The summed E-state index contributed by atoms with van der Waals surface area (Å²) in [6, 6.07) is 8.17. The number of rotatable bonds is 4. The number of allylic oxidation sites excluding steroid dienone is 1. The summed E-state index contributed by atoms with van der Waals surface area (Å²) in [5.41, 5.74) is 3.65. The minimum Gasteiger partial charge on any atom is -0.384 e. The maximum Gasteiger partial charge on any atom is 0.0983 e. The van der Waals surface area contributed by atoms with Crippen molar-refractivity contribution in [3.05, 3.63) is 41.5 Å². The van der Waals surface area contributed by atoms with E-state index in [1.54, 1.807) is 0 Å². The number of aliphatic hydroxyl groups is 1. The summed E-state index contributed by atoms with van der Waals surface area (Å²) in [6.07, 6.45) is 6.47. The van der Waals surface area contributed by atoms with Gasteiger partial charge in [0.25, 0.3) is 0 Å². The van der Waals surface area contributed by atoms with Crippen LogP contribution in [-0.4, -0.2) is 5.11 Å². The van der Waals surface area contributed by atoms with Gasteiger partial charge in [0, 0.05) is 0 Å². The molecule has 1 aromatic carbocycles. The van der Waals surface area contributed by atoms with Crippen molar-refractivity contribution in [3.63, 3.8) is 0 Å². The van der Waals surface area contributed by atoms with Crippen molar-refractivity contribution in [2.45, 2.75) is 38.7 Å². The van der Waals surface area contributed by atoms with Gasteiger partial charge in [-0.15, -0.1) is 0 Å². The van der Waals surface area contributed by atoms with Gasteiger partial charge >= 0.3 is 0 Å². The molecule has 1 unspecified atom stereocenters. The Bertz CT molecular complexity index is 365. The minimum absolute atomic E-state index is 0.377. The van der Waals surface area contributed by atoms with Crippen LogP contribution >= 0.6 is 0 Å². The molecule has 0 saturated heterocycles. The molecule has 80 valence electrons. The highest BCUT2D eigenvalue weighted by Gasteiger charge is 2.19. The van der Waals surface area contributed by atoms with E-state index in [9.17, 15) is 5.11 Å². The molecule has 0 fully saturated rings. The number of unbranched alkanes of at least 4 members (excludes halogenated alkanes) is 2. The van der Waals surface area contributed by atoms with Gasteiger partial charge in [-0.05, 0) is 35.6 Å². The third-order valence-electron chi connectivity index (χ3n) is 3.03. The van der Waals surface area contributed by atoms with Crippen LogP contribution < -0.4 is 0 Å². The average molecular weight is 202 g/mol. The molecule has 0 amide bonds. The summed E-state index contributed by atoms with van der Waals surface area (Å²) in [5.74, 6) is 0. The van der Waals surface area contributed by atoms with Crippen molar-refractivity contribution in [1.29, 1.82) is 0 Å².